The standard InChI is InChI=1S/C23H32FNO/c1-3-4-5-6-7-10-17-26-23-12-9-8-11-22(23)19(2)25-18-20-13-15-21(24)16-14-20/h8-9,11-16,19,25H,3-7,10,17-18H2,1-2H3. The molecule has 0 spiro atoms. The van der Waals surface area contributed by atoms with E-state index in [4.69, 9.17) is 4.74 Å². The van der Waals surface area contributed by atoms with Gasteiger partial charge < -0.3 is 10.1 Å². The zero-order chi connectivity index (χ0) is 18.6. The van der Waals surface area contributed by atoms with Crippen LogP contribution in [0.25, 0.3) is 0 Å². The smallest absolute Gasteiger partial charge is 0.124 e. The van der Waals surface area contributed by atoms with Crippen LogP contribution >= 0.6 is 0 Å². The predicted molar refractivity (Wildman–Crippen MR) is 107 cm³/mol. The largest absolute Gasteiger partial charge is 0.493 e. The fraction of sp³-hybridized carbons (Fsp3) is 0.478. The van der Waals surface area contributed by atoms with Crippen molar-refractivity contribution in [1.29, 1.82) is 0 Å². The van der Waals surface area contributed by atoms with E-state index in [0.29, 0.717) is 6.54 Å². The second-order valence-corrected chi connectivity index (χ2v) is 6.88. The summed E-state index contributed by atoms with van der Waals surface area (Å²) in [7, 11) is 0. The quantitative estimate of drug-likeness (QED) is 0.443. The molecule has 2 aromatic carbocycles. The van der Waals surface area contributed by atoms with E-state index in [9.17, 15) is 4.39 Å². The molecule has 2 aromatic rings. The minimum absolute atomic E-state index is 0.167. The number of para-hydroxylation sites is 1. The van der Waals surface area contributed by atoms with Crippen molar-refractivity contribution in [2.24, 2.45) is 0 Å². The molecule has 2 rings (SSSR count). The van der Waals surface area contributed by atoms with Crippen LogP contribution in [0.2, 0.25) is 0 Å². The Labute approximate surface area is 157 Å². The molecule has 142 valence electrons. The molecular weight excluding hydrogens is 325 g/mol. The van der Waals surface area contributed by atoms with Gasteiger partial charge in [-0.3, -0.25) is 0 Å². The van der Waals surface area contributed by atoms with Gasteiger partial charge in [0.05, 0.1) is 6.61 Å². The molecule has 26 heavy (non-hydrogen) atoms. The fourth-order valence-electron chi connectivity index (χ4n) is 3.02. The molecule has 1 unspecified atom stereocenters. The van der Waals surface area contributed by atoms with Gasteiger partial charge in [0.15, 0.2) is 0 Å². The van der Waals surface area contributed by atoms with E-state index in [1.807, 2.05) is 30.3 Å². The summed E-state index contributed by atoms with van der Waals surface area (Å²) in [4.78, 5) is 0. The first-order valence-corrected chi connectivity index (χ1v) is 9.90. The van der Waals surface area contributed by atoms with Gasteiger partial charge in [-0.25, -0.2) is 4.39 Å². The molecule has 0 radical (unpaired) electrons. The fourth-order valence-corrected chi connectivity index (χ4v) is 3.02. The summed E-state index contributed by atoms with van der Waals surface area (Å²) in [5.41, 5.74) is 2.24. The van der Waals surface area contributed by atoms with Crippen molar-refractivity contribution in [2.75, 3.05) is 6.61 Å². The highest BCUT2D eigenvalue weighted by molar-refractivity contribution is 5.35. The van der Waals surface area contributed by atoms with E-state index in [1.165, 1.54) is 49.8 Å². The Kier molecular flexibility index (Phi) is 9.19. The molecule has 0 saturated carbocycles. The van der Waals surface area contributed by atoms with Crippen LogP contribution in [-0.2, 0) is 6.54 Å². The highest BCUT2D eigenvalue weighted by Crippen LogP contribution is 2.25. The average Bonchev–Trinajstić information content (AvgIpc) is 2.67. The lowest BCUT2D eigenvalue weighted by molar-refractivity contribution is 0.298. The van der Waals surface area contributed by atoms with Crippen LogP contribution < -0.4 is 10.1 Å². The molecule has 0 heterocycles. The molecule has 0 aromatic heterocycles. The van der Waals surface area contributed by atoms with Crippen molar-refractivity contribution in [3.8, 4) is 5.75 Å². The van der Waals surface area contributed by atoms with E-state index in [0.717, 1.165) is 24.3 Å². The Morgan fingerprint density at radius 2 is 1.62 bits per heavy atom. The first kappa shape index (κ1) is 20.4. The Bertz CT molecular complexity index is 626. The lowest BCUT2D eigenvalue weighted by Gasteiger charge is -2.18. The number of rotatable bonds is 12. The Morgan fingerprint density at radius 1 is 0.923 bits per heavy atom. The van der Waals surface area contributed by atoms with Gasteiger partial charge in [0.1, 0.15) is 11.6 Å². The van der Waals surface area contributed by atoms with Crippen LogP contribution in [-0.4, -0.2) is 6.61 Å². The monoisotopic (exact) mass is 357 g/mol. The molecule has 3 heteroatoms. The number of benzene rings is 2. The Balaban J connectivity index is 1.80. The number of ether oxygens (including phenoxy) is 1. The number of nitrogens with one attached hydrogen (secondary N) is 1. The van der Waals surface area contributed by atoms with Gasteiger partial charge in [0.2, 0.25) is 0 Å². The lowest BCUT2D eigenvalue weighted by Crippen LogP contribution is -2.19. The highest BCUT2D eigenvalue weighted by atomic mass is 19.1. The topological polar surface area (TPSA) is 21.3 Å². The molecule has 0 amide bonds. The summed E-state index contributed by atoms with van der Waals surface area (Å²) in [5.74, 6) is 0.760. The number of halogens is 1. The molecule has 1 atom stereocenters. The maximum atomic E-state index is 13.0. The van der Waals surface area contributed by atoms with Gasteiger partial charge in [0.25, 0.3) is 0 Å². The summed E-state index contributed by atoms with van der Waals surface area (Å²) in [5, 5.41) is 3.50. The summed E-state index contributed by atoms with van der Waals surface area (Å²) in [6, 6.07) is 15.0. The van der Waals surface area contributed by atoms with E-state index in [1.54, 1.807) is 0 Å². The molecular formula is C23H32FNO. The maximum absolute atomic E-state index is 13.0. The summed E-state index contributed by atoms with van der Waals surface area (Å²) < 4.78 is 19.0. The molecule has 0 aliphatic heterocycles. The normalized spacial score (nSPS) is 12.1. The van der Waals surface area contributed by atoms with Gasteiger partial charge in [-0.1, -0.05) is 69.4 Å². The van der Waals surface area contributed by atoms with Gasteiger partial charge in [-0.15, -0.1) is 0 Å². The van der Waals surface area contributed by atoms with E-state index >= 15 is 0 Å². The Morgan fingerprint density at radius 3 is 2.38 bits per heavy atom. The number of hydrogen-bond donors (Lipinski definition) is 1. The van der Waals surface area contributed by atoms with Crippen molar-refractivity contribution in [3.05, 3.63) is 65.5 Å². The second-order valence-electron chi connectivity index (χ2n) is 6.88. The number of unbranched alkanes of at least 4 members (excludes halogenated alkanes) is 5. The first-order chi connectivity index (χ1) is 12.7. The van der Waals surface area contributed by atoms with Gasteiger partial charge >= 0.3 is 0 Å². The first-order valence-electron chi connectivity index (χ1n) is 9.90. The summed E-state index contributed by atoms with van der Waals surface area (Å²) >= 11 is 0. The van der Waals surface area contributed by atoms with Crippen LogP contribution in [0.5, 0.6) is 5.75 Å². The third-order valence-corrected chi connectivity index (χ3v) is 4.67. The van der Waals surface area contributed by atoms with Gasteiger partial charge in [0, 0.05) is 18.2 Å². The van der Waals surface area contributed by atoms with E-state index in [2.05, 4.69) is 25.2 Å². The molecule has 1 N–H and O–H groups in total. The molecule has 0 saturated heterocycles. The third-order valence-electron chi connectivity index (χ3n) is 4.67. The Hall–Kier alpha value is -1.87. The van der Waals surface area contributed by atoms with Gasteiger partial charge in [-0.05, 0) is 37.1 Å². The van der Waals surface area contributed by atoms with Crippen molar-refractivity contribution in [3.63, 3.8) is 0 Å². The van der Waals surface area contributed by atoms with Crippen LogP contribution in [0.1, 0.15) is 69.5 Å². The van der Waals surface area contributed by atoms with Crippen molar-refractivity contribution in [2.45, 2.75) is 65.0 Å². The molecule has 2 nitrogen and oxygen atoms in total. The molecule has 0 aliphatic carbocycles. The third kappa shape index (κ3) is 7.17. The highest BCUT2D eigenvalue weighted by Gasteiger charge is 2.11. The van der Waals surface area contributed by atoms with Crippen LogP contribution in [0.4, 0.5) is 4.39 Å². The minimum Gasteiger partial charge on any atom is -0.493 e. The lowest BCUT2D eigenvalue weighted by atomic mass is 10.1. The summed E-state index contributed by atoms with van der Waals surface area (Å²) in [6.45, 7) is 5.85. The van der Waals surface area contributed by atoms with Crippen molar-refractivity contribution >= 4 is 0 Å². The zero-order valence-corrected chi connectivity index (χ0v) is 16.1. The minimum atomic E-state index is -0.199. The van der Waals surface area contributed by atoms with Crippen molar-refractivity contribution < 1.29 is 9.13 Å². The molecule has 0 fully saturated rings. The molecule has 0 aliphatic rings. The second kappa shape index (κ2) is 11.7. The average molecular weight is 358 g/mol. The number of hydrogen-bond acceptors (Lipinski definition) is 2. The van der Waals surface area contributed by atoms with Crippen molar-refractivity contribution in [1.82, 2.24) is 5.32 Å². The zero-order valence-electron chi connectivity index (χ0n) is 16.1. The molecule has 0 bridgehead atoms. The van der Waals surface area contributed by atoms with E-state index in [-0.39, 0.29) is 11.9 Å². The maximum Gasteiger partial charge on any atom is 0.124 e. The van der Waals surface area contributed by atoms with E-state index < -0.39 is 0 Å². The van der Waals surface area contributed by atoms with Crippen LogP contribution in [0.3, 0.4) is 0 Å². The summed E-state index contributed by atoms with van der Waals surface area (Å²) in [6.07, 6.45) is 7.59. The van der Waals surface area contributed by atoms with Crippen LogP contribution in [0, 0.1) is 5.82 Å². The van der Waals surface area contributed by atoms with Gasteiger partial charge in [-0.2, -0.15) is 0 Å². The predicted octanol–water partition coefficient (Wildman–Crippen LogP) is 6.42. The SMILES string of the molecule is CCCCCCCCOc1ccccc1C(C)NCc1ccc(F)cc1. The van der Waals surface area contributed by atoms with Crippen LogP contribution in [0.15, 0.2) is 48.5 Å².